The number of carbonyl (C=O) groups is 1. The molecule has 24 heavy (non-hydrogen) atoms. The summed E-state index contributed by atoms with van der Waals surface area (Å²) in [5, 5.41) is 3.27. The molecule has 0 N–H and O–H groups in total. The predicted molar refractivity (Wildman–Crippen MR) is 95.8 cm³/mol. The summed E-state index contributed by atoms with van der Waals surface area (Å²) in [4.78, 5) is 30.9. The number of likely N-dealkylation sites (tertiary alicyclic amines) is 1. The largest absolute Gasteiger partial charge is 0.338 e. The number of piperidine rings is 1. The standard InChI is InChI=1S/C18H23N3O2S/c1-12(2)15-11-24-17(19-15)13-5-4-8-21(10-13)18(23)14-6-7-16(22)20(3)9-14/h6-7,9,11-13H,4-5,8,10H2,1-3H3/t13-/m0/s1. The maximum Gasteiger partial charge on any atom is 0.255 e. The van der Waals surface area contributed by atoms with Crippen molar-refractivity contribution in [3.63, 3.8) is 0 Å². The van der Waals surface area contributed by atoms with Crippen LogP contribution < -0.4 is 5.56 Å². The number of pyridine rings is 1. The van der Waals surface area contributed by atoms with Crippen LogP contribution in [0.1, 0.15) is 59.6 Å². The minimum Gasteiger partial charge on any atom is -0.338 e. The number of aryl methyl sites for hydroxylation is 1. The predicted octanol–water partition coefficient (Wildman–Crippen LogP) is 2.99. The molecule has 0 aliphatic carbocycles. The Kier molecular flexibility index (Phi) is 4.85. The van der Waals surface area contributed by atoms with E-state index in [0.717, 1.165) is 30.1 Å². The Balaban J connectivity index is 1.75. The maximum atomic E-state index is 12.7. The minimum atomic E-state index is -0.105. The lowest BCUT2D eigenvalue weighted by molar-refractivity contribution is 0.0706. The number of rotatable bonds is 3. The number of hydrogen-bond donors (Lipinski definition) is 0. The highest BCUT2D eigenvalue weighted by molar-refractivity contribution is 7.09. The second-order valence-electron chi connectivity index (χ2n) is 6.72. The van der Waals surface area contributed by atoms with Crippen LogP contribution in [-0.4, -0.2) is 33.4 Å². The van der Waals surface area contributed by atoms with Gasteiger partial charge in [0.25, 0.3) is 5.91 Å². The Morgan fingerprint density at radius 3 is 2.83 bits per heavy atom. The van der Waals surface area contributed by atoms with Crippen molar-refractivity contribution in [2.75, 3.05) is 13.1 Å². The Morgan fingerprint density at radius 1 is 1.38 bits per heavy atom. The number of aromatic nitrogens is 2. The Bertz CT molecular complexity index is 794. The van der Waals surface area contributed by atoms with E-state index in [1.807, 2.05) is 4.90 Å². The zero-order valence-corrected chi connectivity index (χ0v) is 15.2. The van der Waals surface area contributed by atoms with Gasteiger partial charge in [0.1, 0.15) is 0 Å². The van der Waals surface area contributed by atoms with Gasteiger partial charge in [-0.1, -0.05) is 13.8 Å². The van der Waals surface area contributed by atoms with Crippen molar-refractivity contribution in [1.82, 2.24) is 14.5 Å². The van der Waals surface area contributed by atoms with Gasteiger partial charge in [0.2, 0.25) is 5.56 Å². The third-order valence-corrected chi connectivity index (χ3v) is 5.55. The van der Waals surface area contributed by atoms with E-state index in [-0.39, 0.29) is 11.5 Å². The van der Waals surface area contributed by atoms with Gasteiger partial charge in [-0.25, -0.2) is 4.98 Å². The zero-order chi connectivity index (χ0) is 17.3. The molecule has 1 aliphatic rings. The van der Waals surface area contributed by atoms with Crippen molar-refractivity contribution in [2.45, 2.75) is 38.5 Å². The second kappa shape index (κ2) is 6.89. The molecular formula is C18H23N3O2S. The molecule has 128 valence electrons. The summed E-state index contributed by atoms with van der Waals surface area (Å²) in [6.07, 6.45) is 3.68. The first kappa shape index (κ1) is 16.9. The first-order chi connectivity index (χ1) is 11.5. The summed E-state index contributed by atoms with van der Waals surface area (Å²) >= 11 is 1.70. The molecule has 1 fully saturated rings. The molecule has 0 spiro atoms. The Labute approximate surface area is 146 Å². The molecule has 1 saturated heterocycles. The number of hydrogen-bond acceptors (Lipinski definition) is 4. The van der Waals surface area contributed by atoms with Crippen LogP contribution in [0, 0.1) is 0 Å². The topological polar surface area (TPSA) is 55.2 Å². The van der Waals surface area contributed by atoms with Crippen LogP contribution in [0.15, 0.2) is 28.5 Å². The van der Waals surface area contributed by atoms with Gasteiger partial charge in [-0.15, -0.1) is 11.3 Å². The van der Waals surface area contributed by atoms with Crippen LogP contribution in [0.5, 0.6) is 0 Å². The smallest absolute Gasteiger partial charge is 0.255 e. The van der Waals surface area contributed by atoms with Crippen molar-refractivity contribution in [3.05, 3.63) is 50.3 Å². The van der Waals surface area contributed by atoms with Gasteiger partial charge < -0.3 is 9.47 Å². The molecule has 2 aromatic heterocycles. The average Bonchev–Trinajstić information content (AvgIpc) is 3.07. The molecular weight excluding hydrogens is 322 g/mol. The molecule has 3 heterocycles. The fourth-order valence-electron chi connectivity index (χ4n) is 3.02. The van der Waals surface area contributed by atoms with Gasteiger partial charge in [0.05, 0.1) is 16.3 Å². The molecule has 2 aromatic rings. The Hall–Kier alpha value is -1.95. The molecule has 3 rings (SSSR count). The van der Waals surface area contributed by atoms with E-state index in [1.165, 1.54) is 10.6 Å². The highest BCUT2D eigenvalue weighted by atomic mass is 32.1. The summed E-state index contributed by atoms with van der Waals surface area (Å²) in [5.41, 5.74) is 1.60. The van der Waals surface area contributed by atoms with Crippen LogP contribution in [0.4, 0.5) is 0 Å². The van der Waals surface area contributed by atoms with E-state index in [9.17, 15) is 9.59 Å². The normalized spacial score (nSPS) is 18.2. The summed E-state index contributed by atoms with van der Waals surface area (Å²) in [5.74, 6) is 0.741. The monoisotopic (exact) mass is 345 g/mol. The average molecular weight is 345 g/mol. The summed E-state index contributed by atoms with van der Waals surface area (Å²) < 4.78 is 1.45. The Morgan fingerprint density at radius 2 is 2.17 bits per heavy atom. The lowest BCUT2D eigenvalue weighted by atomic mass is 9.98. The molecule has 1 atom stereocenters. The van der Waals surface area contributed by atoms with Gasteiger partial charge in [-0.05, 0) is 24.8 Å². The molecule has 5 nitrogen and oxygen atoms in total. The van der Waals surface area contributed by atoms with Gasteiger partial charge in [0, 0.05) is 43.7 Å². The van der Waals surface area contributed by atoms with Crippen LogP contribution >= 0.6 is 11.3 Å². The van der Waals surface area contributed by atoms with E-state index in [2.05, 4.69) is 19.2 Å². The fraction of sp³-hybridized carbons (Fsp3) is 0.500. The second-order valence-corrected chi connectivity index (χ2v) is 7.61. The third kappa shape index (κ3) is 3.43. The SMILES string of the molecule is CC(C)c1csc([C@H]2CCCN(C(=O)c3ccc(=O)n(C)c3)C2)n1. The molecule has 0 aromatic carbocycles. The van der Waals surface area contributed by atoms with E-state index in [0.29, 0.717) is 23.9 Å². The lowest BCUT2D eigenvalue weighted by Gasteiger charge is -2.32. The number of nitrogens with zero attached hydrogens (tertiary/aromatic N) is 3. The molecule has 1 aliphatic heterocycles. The number of amides is 1. The van der Waals surface area contributed by atoms with Crippen LogP contribution in [0.2, 0.25) is 0 Å². The van der Waals surface area contributed by atoms with Crippen molar-refractivity contribution < 1.29 is 4.79 Å². The van der Waals surface area contributed by atoms with Crippen LogP contribution in [-0.2, 0) is 7.05 Å². The summed E-state index contributed by atoms with van der Waals surface area (Å²) in [6, 6.07) is 3.07. The van der Waals surface area contributed by atoms with Crippen molar-refractivity contribution in [3.8, 4) is 0 Å². The molecule has 0 saturated carbocycles. The van der Waals surface area contributed by atoms with E-state index in [4.69, 9.17) is 4.98 Å². The maximum absolute atomic E-state index is 12.7. The third-order valence-electron chi connectivity index (χ3n) is 4.52. The van der Waals surface area contributed by atoms with Crippen LogP contribution in [0.25, 0.3) is 0 Å². The molecule has 1 amide bonds. The van der Waals surface area contributed by atoms with E-state index >= 15 is 0 Å². The minimum absolute atomic E-state index is 0.00376. The zero-order valence-electron chi connectivity index (χ0n) is 14.4. The summed E-state index contributed by atoms with van der Waals surface area (Å²) in [7, 11) is 1.67. The van der Waals surface area contributed by atoms with Crippen molar-refractivity contribution in [1.29, 1.82) is 0 Å². The molecule has 0 radical (unpaired) electrons. The first-order valence-corrected chi connectivity index (χ1v) is 9.25. The summed E-state index contributed by atoms with van der Waals surface area (Å²) in [6.45, 7) is 5.76. The lowest BCUT2D eigenvalue weighted by Crippen LogP contribution is -2.39. The fourth-order valence-corrected chi connectivity index (χ4v) is 4.13. The van der Waals surface area contributed by atoms with E-state index < -0.39 is 0 Å². The number of carbonyl (C=O) groups excluding carboxylic acids is 1. The van der Waals surface area contributed by atoms with Gasteiger partial charge in [0.15, 0.2) is 0 Å². The number of thiazole rings is 1. The quantitative estimate of drug-likeness (QED) is 0.859. The van der Waals surface area contributed by atoms with Gasteiger partial charge in [-0.2, -0.15) is 0 Å². The van der Waals surface area contributed by atoms with Gasteiger partial charge >= 0.3 is 0 Å². The van der Waals surface area contributed by atoms with Gasteiger partial charge in [-0.3, -0.25) is 9.59 Å². The van der Waals surface area contributed by atoms with Crippen LogP contribution in [0.3, 0.4) is 0 Å². The first-order valence-electron chi connectivity index (χ1n) is 8.37. The highest BCUT2D eigenvalue weighted by Crippen LogP contribution is 2.31. The molecule has 0 bridgehead atoms. The van der Waals surface area contributed by atoms with E-state index in [1.54, 1.807) is 30.6 Å². The van der Waals surface area contributed by atoms with Crippen molar-refractivity contribution in [2.24, 2.45) is 7.05 Å². The highest BCUT2D eigenvalue weighted by Gasteiger charge is 2.27. The van der Waals surface area contributed by atoms with Crippen molar-refractivity contribution >= 4 is 17.2 Å². The molecule has 6 heteroatoms. The molecule has 0 unspecified atom stereocenters.